The number of aryl methyl sites for hydroxylation is 1. The van der Waals surface area contributed by atoms with Crippen LogP contribution in [0, 0.1) is 0 Å². The molecule has 3 heterocycles. The predicted molar refractivity (Wildman–Crippen MR) is 93.4 cm³/mol. The molecule has 3 aromatic rings. The fourth-order valence-electron chi connectivity index (χ4n) is 3.63. The summed E-state index contributed by atoms with van der Waals surface area (Å²) in [5.41, 5.74) is 2.12. The van der Waals surface area contributed by atoms with E-state index in [-0.39, 0.29) is 0 Å². The van der Waals surface area contributed by atoms with Crippen molar-refractivity contribution in [1.82, 2.24) is 19.7 Å². The molecule has 1 aliphatic rings. The minimum atomic E-state index is 0.416. The van der Waals surface area contributed by atoms with Gasteiger partial charge in [-0.3, -0.25) is 4.68 Å². The lowest BCUT2D eigenvalue weighted by atomic mass is 10.0. The largest absolute Gasteiger partial charge is 0.496 e. The van der Waals surface area contributed by atoms with Crippen molar-refractivity contribution < 1.29 is 4.74 Å². The second kappa shape index (κ2) is 6.11. The van der Waals surface area contributed by atoms with Crippen LogP contribution in [0.5, 0.6) is 5.75 Å². The van der Waals surface area contributed by atoms with Crippen LogP contribution in [0.25, 0.3) is 11.0 Å². The highest BCUT2D eigenvalue weighted by Gasteiger charge is 2.28. The number of ether oxygens (including phenoxy) is 1. The van der Waals surface area contributed by atoms with Gasteiger partial charge in [-0.05, 0) is 30.9 Å². The van der Waals surface area contributed by atoms with E-state index in [1.165, 1.54) is 12.0 Å². The fourth-order valence-corrected chi connectivity index (χ4v) is 3.63. The molecule has 1 aromatic carbocycles. The van der Waals surface area contributed by atoms with E-state index in [0.717, 1.165) is 42.0 Å². The molecular weight excluding hydrogens is 302 g/mol. The molecule has 0 radical (unpaired) electrons. The van der Waals surface area contributed by atoms with Gasteiger partial charge in [-0.25, -0.2) is 9.97 Å². The molecular formula is C18H21N5O. The van der Waals surface area contributed by atoms with E-state index in [9.17, 15) is 0 Å². The van der Waals surface area contributed by atoms with Gasteiger partial charge >= 0.3 is 0 Å². The number of para-hydroxylation sites is 1. The zero-order valence-electron chi connectivity index (χ0n) is 14.0. The zero-order chi connectivity index (χ0) is 16.5. The number of fused-ring (bicyclic) bond motifs is 1. The van der Waals surface area contributed by atoms with Crippen LogP contribution in [0.2, 0.25) is 0 Å². The van der Waals surface area contributed by atoms with E-state index in [4.69, 9.17) is 4.74 Å². The van der Waals surface area contributed by atoms with Crippen LogP contribution in [0.1, 0.15) is 18.4 Å². The molecule has 1 saturated heterocycles. The van der Waals surface area contributed by atoms with E-state index >= 15 is 0 Å². The molecule has 4 rings (SSSR count). The van der Waals surface area contributed by atoms with Crippen LogP contribution in [-0.4, -0.2) is 39.4 Å². The Hall–Kier alpha value is -2.63. The third kappa shape index (κ3) is 2.48. The van der Waals surface area contributed by atoms with E-state index in [1.807, 2.05) is 25.4 Å². The standard InChI is InChI=1S/C18H21N5O/c1-22-17-15(11-21-22)18(20-12-19-17)23-9-5-7-14(23)10-13-6-3-4-8-16(13)24-2/h3-4,6,8,11-12,14H,5,7,9-10H2,1-2H3. The van der Waals surface area contributed by atoms with Gasteiger partial charge in [-0.2, -0.15) is 5.10 Å². The first-order valence-corrected chi connectivity index (χ1v) is 8.29. The Kier molecular flexibility index (Phi) is 3.80. The maximum Gasteiger partial charge on any atom is 0.163 e. The van der Waals surface area contributed by atoms with Crippen molar-refractivity contribution in [2.45, 2.75) is 25.3 Å². The molecule has 0 bridgehead atoms. The second-order valence-corrected chi connectivity index (χ2v) is 6.21. The molecule has 1 unspecified atom stereocenters. The van der Waals surface area contributed by atoms with Gasteiger partial charge in [0.05, 0.1) is 18.7 Å². The number of nitrogens with zero attached hydrogens (tertiary/aromatic N) is 5. The number of aromatic nitrogens is 4. The normalized spacial score (nSPS) is 17.6. The quantitative estimate of drug-likeness (QED) is 0.738. The Balaban J connectivity index is 1.67. The molecule has 1 aliphatic heterocycles. The van der Waals surface area contributed by atoms with Crippen molar-refractivity contribution in [2.24, 2.45) is 7.05 Å². The molecule has 1 atom stereocenters. The van der Waals surface area contributed by atoms with Gasteiger partial charge in [0.15, 0.2) is 5.65 Å². The van der Waals surface area contributed by atoms with Gasteiger partial charge in [0.1, 0.15) is 17.9 Å². The highest BCUT2D eigenvalue weighted by Crippen LogP contribution is 2.32. The lowest BCUT2D eigenvalue weighted by molar-refractivity contribution is 0.408. The summed E-state index contributed by atoms with van der Waals surface area (Å²) in [6.45, 7) is 1.01. The minimum absolute atomic E-state index is 0.416. The highest BCUT2D eigenvalue weighted by atomic mass is 16.5. The summed E-state index contributed by atoms with van der Waals surface area (Å²) in [4.78, 5) is 11.3. The maximum atomic E-state index is 5.51. The van der Waals surface area contributed by atoms with Crippen molar-refractivity contribution in [3.8, 4) is 5.75 Å². The third-order valence-electron chi connectivity index (χ3n) is 4.81. The Labute approximate surface area is 141 Å². The number of methoxy groups -OCH3 is 1. The van der Waals surface area contributed by atoms with Gasteiger partial charge in [0, 0.05) is 19.6 Å². The monoisotopic (exact) mass is 323 g/mol. The van der Waals surface area contributed by atoms with Gasteiger partial charge in [0.2, 0.25) is 0 Å². The number of benzene rings is 1. The number of rotatable bonds is 4. The van der Waals surface area contributed by atoms with E-state index < -0.39 is 0 Å². The first-order chi connectivity index (χ1) is 11.8. The molecule has 0 amide bonds. The third-order valence-corrected chi connectivity index (χ3v) is 4.81. The highest BCUT2D eigenvalue weighted by molar-refractivity contribution is 5.86. The minimum Gasteiger partial charge on any atom is -0.496 e. The van der Waals surface area contributed by atoms with Crippen LogP contribution in [0.4, 0.5) is 5.82 Å². The molecule has 0 saturated carbocycles. The summed E-state index contributed by atoms with van der Waals surface area (Å²) in [6, 6.07) is 8.67. The zero-order valence-corrected chi connectivity index (χ0v) is 14.0. The molecule has 2 aromatic heterocycles. The Morgan fingerprint density at radius 2 is 2.12 bits per heavy atom. The summed E-state index contributed by atoms with van der Waals surface area (Å²) >= 11 is 0. The Bertz CT molecular complexity index is 859. The molecule has 6 heteroatoms. The molecule has 0 aliphatic carbocycles. The molecule has 0 spiro atoms. The van der Waals surface area contributed by atoms with Gasteiger partial charge < -0.3 is 9.64 Å². The average Bonchev–Trinajstić information content (AvgIpc) is 3.22. The van der Waals surface area contributed by atoms with Crippen LogP contribution in [-0.2, 0) is 13.5 Å². The van der Waals surface area contributed by atoms with E-state index in [2.05, 4.69) is 32.1 Å². The molecule has 1 fully saturated rings. The molecule has 124 valence electrons. The van der Waals surface area contributed by atoms with Gasteiger partial charge in [-0.1, -0.05) is 18.2 Å². The van der Waals surface area contributed by atoms with Crippen molar-refractivity contribution in [3.63, 3.8) is 0 Å². The lowest BCUT2D eigenvalue weighted by Crippen LogP contribution is -2.32. The number of hydrogen-bond acceptors (Lipinski definition) is 5. The van der Waals surface area contributed by atoms with Crippen LogP contribution >= 0.6 is 0 Å². The van der Waals surface area contributed by atoms with E-state index in [1.54, 1.807) is 18.1 Å². The van der Waals surface area contributed by atoms with Crippen molar-refractivity contribution in [1.29, 1.82) is 0 Å². The Morgan fingerprint density at radius 3 is 3.00 bits per heavy atom. The second-order valence-electron chi connectivity index (χ2n) is 6.21. The fraction of sp³-hybridized carbons (Fsp3) is 0.389. The Morgan fingerprint density at radius 1 is 1.25 bits per heavy atom. The molecule has 24 heavy (non-hydrogen) atoms. The topological polar surface area (TPSA) is 56.1 Å². The summed E-state index contributed by atoms with van der Waals surface area (Å²) in [6.07, 6.45) is 6.78. The van der Waals surface area contributed by atoms with Gasteiger partial charge in [-0.15, -0.1) is 0 Å². The van der Waals surface area contributed by atoms with Crippen molar-refractivity contribution >= 4 is 16.9 Å². The molecule has 6 nitrogen and oxygen atoms in total. The maximum absolute atomic E-state index is 5.51. The lowest BCUT2D eigenvalue weighted by Gasteiger charge is -2.26. The van der Waals surface area contributed by atoms with Crippen LogP contribution in [0.15, 0.2) is 36.8 Å². The summed E-state index contributed by atoms with van der Waals surface area (Å²) in [7, 11) is 3.64. The first kappa shape index (κ1) is 14.9. The summed E-state index contributed by atoms with van der Waals surface area (Å²) in [5, 5.41) is 5.35. The van der Waals surface area contributed by atoms with E-state index in [0.29, 0.717) is 6.04 Å². The molecule has 0 N–H and O–H groups in total. The van der Waals surface area contributed by atoms with Crippen LogP contribution < -0.4 is 9.64 Å². The smallest absolute Gasteiger partial charge is 0.163 e. The van der Waals surface area contributed by atoms with Crippen LogP contribution in [0.3, 0.4) is 0 Å². The number of anilines is 1. The average molecular weight is 323 g/mol. The first-order valence-electron chi connectivity index (χ1n) is 8.29. The number of hydrogen-bond donors (Lipinski definition) is 0. The predicted octanol–water partition coefficient (Wildman–Crippen LogP) is 2.58. The summed E-state index contributed by atoms with van der Waals surface area (Å²) < 4.78 is 7.31. The SMILES string of the molecule is COc1ccccc1CC1CCCN1c1ncnc2c1cnn2C. The van der Waals surface area contributed by atoms with Crippen molar-refractivity contribution in [2.75, 3.05) is 18.6 Å². The van der Waals surface area contributed by atoms with Crippen molar-refractivity contribution in [3.05, 3.63) is 42.4 Å². The summed E-state index contributed by atoms with van der Waals surface area (Å²) in [5.74, 6) is 1.95. The van der Waals surface area contributed by atoms with Gasteiger partial charge in [0.25, 0.3) is 0 Å².